The lowest BCUT2D eigenvalue weighted by Gasteiger charge is -2.19. The van der Waals surface area contributed by atoms with Gasteiger partial charge in [-0.05, 0) is 38.8 Å². The number of benzene rings is 1. The zero-order chi connectivity index (χ0) is 11.3. The van der Waals surface area contributed by atoms with Gasteiger partial charge in [-0.25, -0.2) is 0 Å². The van der Waals surface area contributed by atoms with Crippen molar-refractivity contribution in [1.82, 2.24) is 9.80 Å². The lowest BCUT2D eigenvalue weighted by Crippen LogP contribution is -2.28. The van der Waals surface area contributed by atoms with Gasteiger partial charge in [-0.15, -0.1) is 0 Å². The molecule has 3 heteroatoms. The van der Waals surface area contributed by atoms with Crippen LogP contribution in [0.15, 0.2) is 24.3 Å². The van der Waals surface area contributed by atoms with Gasteiger partial charge in [-0.3, -0.25) is 0 Å². The first-order valence-corrected chi connectivity index (χ1v) is 5.25. The van der Waals surface area contributed by atoms with E-state index in [1.807, 2.05) is 18.2 Å². The minimum absolute atomic E-state index is 0.841. The fourth-order valence-corrected chi connectivity index (χ4v) is 1.45. The molecule has 0 saturated carbocycles. The van der Waals surface area contributed by atoms with Crippen LogP contribution >= 0.6 is 0 Å². The van der Waals surface area contributed by atoms with Crippen LogP contribution in [-0.2, 0) is 6.54 Å². The summed E-state index contributed by atoms with van der Waals surface area (Å²) < 4.78 is 0. The zero-order valence-corrected chi connectivity index (χ0v) is 9.90. The second-order valence-electron chi connectivity index (χ2n) is 4.29. The molecule has 0 radical (unpaired) electrons. The summed E-state index contributed by atoms with van der Waals surface area (Å²) in [5, 5.41) is 0. The summed E-state index contributed by atoms with van der Waals surface area (Å²) in [6.07, 6.45) is 0. The minimum Gasteiger partial charge on any atom is -0.399 e. The third-order valence-corrected chi connectivity index (χ3v) is 2.33. The standard InChI is InChI=1S/C12H21N3/c1-14(2)7-8-15(3)10-11-5-4-6-12(13)9-11/h4-6,9H,7-8,10,13H2,1-3H3. The van der Waals surface area contributed by atoms with E-state index < -0.39 is 0 Å². The minimum atomic E-state index is 0.841. The Balaban J connectivity index is 2.40. The summed E-state index contributed by atoms with van der Waals surface area (Å²) in [6, 6.07) is 8.07. The highest BCUT2D eigenvalue weighted by molar-refractivity contribution is 5.40. The quantitative estimate of drug-likeness (QED) is 0.738. The molecular formula is C12H21N3. The predicted molar refractivity (Wildman–Crippen MR) is 65.7 cm³/mol. The average Bonchev–Trinajstić information content (AvgIpc) is 2.15. The summed E-state index contributed by atoms with van der Waals surface area (Å²) in [6.45, 7) is 3.11. The molecule has 1 aromatic carbocycles. The maximum absolute atomic E-state index is 5.73. The Kier molecular flexibility index (Phi) is 4.59. The molecule has 84 valence electrons. The highest BCUT2D eigenvalue weighted by atomic mass is 15.1. The van der Waals surface area contributed by atoms with E-state index in [0.717, 1.165) is 25.3 Å². The lowest BCUT2D eigenvalue weighted by molar-refractivity contribution is 0.276. The molecule has 0 atom stereocenters. The van der Waals surface area contributed by atoms with E-state index in [9.17, 15) is 0 Å². The summed E-state index contributed by atoms with van der Waals surface area (Å²) in [7, 11) is 6.31. The number of nitrogens with two attached hydrogens (primary N) is 1. The number of anilines is 1. The molecule has 0 fully saturated rings. The van der Waals surface area contributed by atoms with E-state index in [-0.39, 0.29) is 0 Å². The fourth-order valence-electron chi connectivity index (χ4n) is 1.45. The molecule has 15 heavy (non-hydrogen) atoms. The largest absolute Gasteiger partial charge is 0.399 e. The van der Waals surface area contributed by atoms with Crippen LogP contribution in [0.2, 0.25) is 0 Å². The van der Waals surface area contributed by atoms with Gasteiger partial charge in [0.05, 0.1) is 0 Å². The zero-order valence-electron chi connectivity index (χ0n) is 9.90. The molecule has 0 aromatic heterocycles. The van der Waals surface area contributed by atoms with Gasteiger partial charge in [0.2, 0.25) is 0 Å². The van der Waals surface area contributed by atoms with E-state index in [1.165, 1.54) is 5.56 Å². The molecule has 0 amide bonds. The van der Waals surface area contributed by atoms with Crippen LogP contribution in [0.3, 0.4) is 0 Å². The van der Waals surface area contributed by atoms with Crippen LogP contribution in [-0.4, -0.2) is 44.0 Å². The Morgan fingerprint density at radius 2 is 1.87 bits per heavy atom. The molecule has 0 bridgehead atoms. The molecule has 0 saturated heterocycles. The number of hydrogen-bond acceptors (Lipinski definition) is 3. The maximum atomic E-state index is 5.73. The molecule has 0 spiro atoms. The van der Waals surface area contributed by atoms with Crippen molar-refractivity contribution in [3.63, 3.8) is 0 Å². The van der Waals surface area contributed by atoms with Gasteiger partial charge < -0.3 is 15.5 Å². The van der Waals surface area contributed by atoms with Gasteiger partial charge in [0.1, 0.15) is 0 Å². The summed E-state index contributed by atoms with van der Waals surface area (Å²) >= 11 is 0. The van der Waals surface area contributed by atoms with Gasteiger partial charge in [-0.1, -0.05) is 12.1 Å². The average molecular weight is 207 g/mol. The van der Waals surface area contributed by atoms with E-state index in [0.29, 0.717) is 0 Å². The molecule has 0 heterocycles. The highest BCUT2D eigenvalue weighted by Gasteiger charge is 2.00. The summed E-state index contributed by atoms with van der Waals surface area (Å²) in [5.74, 6) is 0. The highest BCUT2D eigenvalue weighted by Crippen LogP contribution is 2.08. The fraction of sp³-hybridized carbons (Fsp3) is 0.500. The van der Waals surface area contributed by atoms with Crippen molar-refractivity contribution in [2.75, 3.05) is 40.0 Å². The van der Waals surface area contributed by atoms with Crippen molar-refractivity contribution in [3.8, 4) is 0 Å². The van der Waals surface area contributed by atoms with Crippen molar-refractivity contribution in [3.05, 3.63) is 29.8 Å². The Hall–Kier alpha value is -1.06. The Bertz CT molecular complexity index is 297. The molecule has 0 unspecified atom stereocenters. The van der Waals surface area contributed by atoms with E-state index in [2.05, 4.69) is 37.0 Å². The number of nitrogens with zero attached hydrogens (tertiary/aromatic N) is 2. The normalized spacial score (nSPS) is 11.3. The molecule has 0 aliphatic heterocycles. The predicted octanol–water partition coefficient (Wildman–Crippen LogP) is 1.26. The lowest BCUT2D eigenvalue weighted by atomic mass is 10.2. The SMILES string of the molecule is CN(C)CCN(C)Cc1cccc(N)c1. The Labute approximate surface area is 92.5 Å². The van der Waals surface area contributed by atoms with Crippen LogP contribution in [0.1, 0.15) is 5.56 Å². The van der Waals surface area contributed by atoms with Crippen molar-refractivity contribution < 1.29 is 0 Å². The van der Waals surface area contributed by atoms with Crippen molar-refractivity contribution in [2.24, 2.45) is 0 Å². The second kappa shape index (κ2) is 5.73. The number of likely N-dealkylation sites (N-methyl/N-ethyl adjacent to an activating group) is 2. The molecule has 0 aliphatic rings. The van der Waals surface area contributed by atoms with Gasteiger partial charge in [0.15, 0.2) is 0 Å². The Morgan fingerprint density at radius 1 is 1.13 bits per heavy atom. The van der Waals surface area contributed by atoms with Crippen molar-refractivity contribution in [2.45, 2.75) is 6.54 Å². The third-order valence-electron chi connectivity index (χ3n) is 2.33. The van der Waals surface area contributed by atoms with Crippen LogP contribution in [0.4, 0.5) is 5.69 Å². The molecule has 1 rings (SSSR count). The first-order valence-electron chi connectivity index (χ1n) is 5.25. The van der Waals surface area contributed by atoms with Crippen molar-refractivity contribution >= 4 is 5.69 Å². The second-order valence-corrected chi connectivity index (χ2v) is 4.29. The van der Waals surface area contributed by atoms with Gasteiger partial charge in [0.25, 0.3) is 0 Å². The van der Waals surface area contributed by atoms with Gasteiger partial charge in [0, 0.05) is 25.3 Å². The van der Waals surface area contributed by atoms with Gasteiger partial charge in [-0.2, -0.15) is 0 Å². The molecule has 0 aliphatic carbocycles. The monoisotopic (exact) mass is 207 g/mol. The Morgan fingerprint density at radius 3 is 2.47 bits per heavy atom. The third kappa shape index (κ3) is 4.81. The topological polar surface area (TPSA) is 32.5 Å². The van der Waals surface area contributed by atoms with E-state index in [4.69, 9.17) is 5.73 Å². The van der Waals surface area contributed by atoms with E-state index in [1.54, 1.807) is 0 Å². The summed E-state index contributed by atoms with van der Waals surface area (Å²) in [5.41, 5.74) is 7.85. The first-order chi connectivity index (χ1) is 7.08. The molecule has 1 aromatic rings. The first kappa shape index (κ1) is 12.0. The molecular weight excluding hydrogens is 186 g/mol. The van der Waals surface area contributed by atoms with Crippen LogP contribution in [0.5, 0.6) is 0 Å². The smallest absolute Gasteiger partial charge is 0.0317 e. The van der Waals surface area contributed by atoms with Gasteiger partial charge >= 0.3 is 0 Å². The number of hydrogen-bond donors (Lipinski definition) is 1. The van der Waals surface area contributed by atoms with Crippen LogP contribution in [0, 0.1) is 0 Å². The van der Waals surface area contributed by atoms with E-state index >= 15 is 0 Å². The van der Waals surface area contributed by atoms with Crippen LogP contribution in [0.25, 0.3) is 0 Å². The molecule has 2 N–H and O–H groups in total. The number of nitrogen functional groups attached to an aromatic ring is 1. The van der Waals surface area contributed by atoms with Crippen LogP contribution < -0.4 is 5.73 Å². The number of rotatable bonds is 5. The van der Waals surface area contributed by atoms with Crippen molar-refractivity contribution in [1.29, 1.82) is 0 Å². The summed E-state index contributed by atoms with van der Waals surface area (Å²) in [4.78, 5) is 4.49. The molecule has 3 nitrogen and oxygen atoms in total. The maximum Gasteiger partial charge on any atom is 0.0317 e.